The molecular weight excluding hydrogens is 594 g/mol. The fourth-order valence-electron chi connectivity index (χ4n) is 5.40. The first-order valence-corrected chi connectivity index (χ1v) is 14.6. The fraction of sp³-hybridized carbons (Fsp3) is 0.483. The molecule has 2 aromatic carbocycles. The van der Waals surface area contributed by atoms with E-state index in [9.17, 15) is 32.6 Å². The van der Waals surface area contributed by atoms with Gasteiger partial charge in [-0.3, -0.25) is 14.4 Å². The second kappa shape index (κ2) is 14.5. The van der Waals surface area contributed by atoms with Crippen LogP contribution in [0.3, 0.4) is 0 Å². The summed E-state index contributed by atoms with van der Waals surface area (Å²) in [5.41, 5.74) is 21.3. The third kappa shape index (κ3) is 9.09. The fourth-order valence-corrected chi connectivity index (χ4v) is 5.40. The van der Waals surface area contributed by atoms with Gasteiger partial charge in [-0.2, -0.15) is 13.2 Å². The van der Waals surface area contributed by atoms with Crippen molar-refractivity contribution >= 4 is 36.0 Å². The molecule has 4 unspecified atom stereocenters. The number of hydrogen-bond acceptors (Lipinski definition) is 8. The lowest BCUT2D eigenvalue weighted by atomic mass is 9.79. The molecule has 242 valence electrons. The maximum absolute atomic E-state index is 13.3. The number of rotatable bonds is 11. The van der Waals surface area contributed by atoms with Crippen LogP contribution in [0.25, 0.3) is 0 Å². The first kappa shape index (κ1) is 34.0. The Morgan fingerprint density at radius 2 is 1.87 bits per heavy atom. The van der Waals surface area contributed by atoms with Gasteiger partial charge in [-0.15, -0.1) is 4.70 Å². The Kier molecular flexibility index (Phi) is 11.0. The van der Waals surface area contributed by atoms with E-state index >= 15 is 0 Å². The lowest BCUT2D eigenvalue weighted by molar-refractivity contribution is -0.625. The number of likely N-dealkylation sites (N-methyl/N-ethyl adjacent to an activating group) is 1. The van der Waals surface area contributed by atoms with Crippen LogP contribution in [0.5, 0.6) is 0 Å². The average molecular weight is 632 g/mol. The molecule has 16 heteroatoms. The topological polar surface area (TPSA) is 187 Å². The summed E-state index contributed by atoms with van der Waals surface area (Å²) in [5, 5.41) is 15.4. The molecule has 2 heterocycles. The normalized spacial score (nSPS) is 19.4. The molecule has 0 spiro atoms. The third-order valence-corrected chi connectivity index (χ3v) is 8.08. The van der Waals surface area contributed by atoms with Crippen molar-refractivity contribution in [3.63, 3.8) is 0 Å². The maximum atomic E-state index is 13.3. The van der Waals surface area contributed by atoms with Gasteiger partial charge in [0.1, 0.15) is 6.04 Å². The predicted octanol–water partition coefficient (Wildman–Crippen LogP) is 0.688. The van der Waals surface area contributed by atoms with Crippen LogP contribution in [0.15, 0.2) is 42.5 Å². The SMILES string of the molecule is C[N+](=N)C1CC(N)CN(C(=O)CCC(N)C(=O)NC(CCc2ccc(C(F)(F)F)cc2)C(=O)Nc2ccc3c(c2)B(O)OC3)C1. The van der Waals surface area contributed by atoms with E-state index in [1.807, 2.05) is 0 Å². The summed E-state index contributed by atoms with van der Waals surface area (Å²) in [4.78, 5) is 40.9. The number of nitrogens with two attached hydrogens (primary N) is 2. The van der Waals surface area contributed by atoms with E-state index in [1.165, 1.54) is 16.8 Å². The van der Waals surface area contributed by atoms with Crippen LogP contribution in [0.2, 0.25) is 0 Å². The number of likely N-dealkylation sites (tertiary alicyclic amines) is 1. The lowest BCUT2D eigenvalue weighted by Gasteiger charge is -2.33. The predicted molar refractivity (Wildman–Crippen MR) is 158 cm³/mol. The van der Waals surface area contributed by atoms with E-state index in [1.54, 1.807) is 30.1 Å². The quantitative estimate of drug-likeness (QED) is 0.119. The minimum Gasteiger partial charge on any atom is -0.423 e. The van der Waals surface area contributed by atoms with Crippen LogP contribution in [-0.2, 0) is 38.2 Å². The molecule has 0 saturated carbocycles. The highest BCUT2D eigenvalue weighted by Crippen LogP contribution is 2.29. The second-order valence-corrected chi connectivity index (χ2v) is 11.6. The lowest BCUT2D eigenvalue weighted by Crippen LogP contribution is -2.54. The summed E-state index contributed by atoms with van der Waals surface area (Å²) >= 11 is 0. The monoisotopic (exact) mass is 632 g/mol. The van der Waals surface area contributed by atoms with Gasteiger partial charge in [0, 0.05) is 31.1 Å². The number of carbonyl (C=O) groups is 3. The van der Waals surface area contributed by atoms with E-state index in [4.69, 9.17) is 21.7 Å². The molecule has 2 aliphatic heterocycles. The Bertz CT molecular complexity index is 1410. The number of benzene rings is 2. The molecule has 0 bridgehead atoms. The van der Waals surface area contributed by atoms with Gasteiger partial charge in [-0.25, -0.2) is 0 Å². The number of fused-ring (bicyclic) bond motifs is 1. The van der Waals surface area contributed by atoms with Gasteiger partial charge in [0.15, 0.2) is 13.1 Å². The number of aryl methyl sites for hydroxylation is 1. The van der Waals surface area contributed by atoms with Crippen molar-refractivity contribution < 1.29 is 41.9 Å². The summed E-state index contributed by atoms with van der Waals surface area (Å²) in [6.07, 6.45) is -3.74. The summed E-state index contributed by atoms with van der Waals surface area (Å²) in [6.45, 7) is 0.901. The molecule has 3 amide bonds. The van der Waals surface area contributed by atoms with Crippen molar-refractivity contribution in [2.24, 2.45) is 11.5 Å². The van der Waals surface area contributed by atoms with Crippen LogP contribution >= 0.6 is 0 Å². The Hall–Kier alpha value is -3.86. The van der Waals surface area contributed by atoms with Crippen molar-refractivity contribution in [1.29, 1.82) is 5.53 Å². The maximum Gasteiger partial charge on any atom is 0.491 e. The zero-order valence-corrected chi connectivity index (χ0v) is 24.8. The van der Waals surface area contributed by atoms with Crippen LogP contribution in [-0.4, -0.2) is 83.8 Å². The molecule has 1 saturated heterocycles. The number of carbonyl (C=O) groups excluding carboxylic acids is 3. The molecular formula is C29H38BF3N7O5+. The van der Waals surface area contributed by atoms with Crippen LogP contribution < -0.4 is 27.6 Å². The minimum atomic E-state index is -4.49. The largest absolute Gasteiger partial charge is 0.491 e. The van der Waals surface area contributed by atoms with Gasteiger partial charge >= 0.3 is 13.3 Å². The second-order valence-electron chi connectivity index (χ2n) is 11.6. The summed E-state index contributed by atoms with van der Waals surface area (Å²) < 4.78 is 45.4. The first-order valence-electron chi connectivity index (χ1n) is 14.6. The van der Waals surface area contributed by atoms with Gasteiger partial charge in [0.25, 0.3) is 0 Å². The highest BCUT2D eigenvalue weighted by Gasteiger charge is 2.34. The van der Waals surface area contributed by atoms with Crippen LogP contribution in [0.4, 0.5) is 18.9 Å². The van der Waals surface area contributed by atoms with Crippen LogP contribution in [0, 0.1) is 5.53 Å². The molecule has 0 radical (unpaired) electrons. The number of halogens is 3. The van der Waals surface area contributed by atoms with Crippen molar-refractivity contribution in [3.05, 3.63) is 59.2 Å². The van der Waals surface area contributed by atoms with Crippen LogP contribution in [0.1, 0.15) is 42.4 Å². The third-order valence-electron chi connectivity index (χ3n) is 8.08. The highest BCUT2D eigenvalue weighted by atomic mass is 19.4. The van der Waals surface area contributed by atoms with Gasteiger partial charge in [-0.1, -0.05) is 23.7 Å². The van der Waals surface area contributed by atoms with Gasteiger partial charge in [0.2, 0.25) is 17.7 Å². The van der Waals surface area contributed by atoms with Crippen molar-refractivity contribution in [2.75, 3.05) is 25.5 Å². The number of nitrogens with one attached hydrogen (secondary N) is 3. The summed E-state index contributed by atoms with van der Waals surface area (Å²) in [7, 11) is 0.463. The molecule has 0 aromatic heterocycles. The zero-order chi connectivity index (χ0) is 32.9. The van der Waals surface area contributed by atoms with E-state index < -0.39 is 42.8 Å². The smallest absolute Gasteiger partial charge is 0.423 e. The summed E-state index contributed by atoms with van der Waals surface area (Å²) in [5.74, 6) is -1.52. The van der Waals surface area contributed by atoms with Gasteiger partial charge in [-0.05, 0) is 60.1 Å². The van der Waals surface area contributed by atoms with Crippen molar-refractivity contribution in [1.82, 2.24) is 10.2 Å². The molecule has 4 atom stereocenters. The highest BCUT2D eigenvalue weighted by molar-refractivity contribution is 6.61. The molecule has 0 aliphatic carbocycles. The van der Waals surface area contributed by atoms with E-state index in [0.717, 1.165) is 17.7 Å². The molecule has 4 rings (SSSR count). The van der Waals surface area contributed by atoms with E-state index in [0.29, 0.717) is 36.2 Å². The minimum absolute atomic E-state index is 0.00621. The molecule has 1 fully saturated rings. The number of anilines is 1. The van der Waals surface area contributed by atoms with Crippen molar-refractivity contribution in [2.45, 2.75) is 69.1 Å². The molecule has 2 aliphatic rings. The Morgan fingerprint density at radius 3 is 2.53 bits per heavy atom. The number of piperidine rings is 1. The number of nitrogens with zero attached hydrogens (tertiary/aromatic N) is 2. The number of hydrogen-bond donors (Lipinski definition) is 6. The molecule has 12 nitrogen and oxygen atoms in total. The van der Waals surface area contributed by atoms with Gasteiger partial charge < -0.3 is 36.7 Å². The van der Waals surface area contributed by atoms with Gasteiger partial charge in [0.05, 0.1) is 24.8 Å². The first-order chi connectivity index (χ1) is 21.2. The van der Waals surface area contributed by atoms with Crippen molar-refractivity contribution in [3.8, 4) is 0 Å². The molecule has 2 aromatic rings. The standard InChI is InChI=1S/C29H37BF3N7O5/c1-39(36)22-12-20(34)14-40(15-22)26(41)11-9-24(35)27(42)38-25(10-4-17-2-6-19(7-3-17)29(31,32)33)28(43)37-21-8-5-18-16-45-30(44)23(18)13-21/h2-3,5-8,13,20,22,24-25,36,44H,4,9-12,14-16,34-35H2,1H3,(H-,37,38,42,43)/p+1. The van der Waals surface area contributed by atoms with E-state index in [2.05, 4.69) is 10.6 Å². The zero-order valence-electron chi connectivity index (χ0n) is 24.8. The molecule has 8 N–H and O–H groups in total. The Balaban J connectivity index is 1.40. The number of alkyl halides is 3. The average Bonchev–Trinajstić information content (AvgIpc) is 3.36. The summed E-state index contributed by atoms with van der Waals surface area (Å²) in [6, 6.07) is 6.68. The molecule has 45 heavy (non-hydrogen) atoms. The van der Waals surface area contributed by atoms with E-state index in [-0.39, 0.29) is 50.3 Å². The number of amides is 3. The Morgan fingerprint density at radius 1 is 1.16 bits per heavy atom. The Labute approximate surface area is 258 Å².